The van der Waals surface area contributed by atoms with Crippen LogP contribution in [-0.4, -0.2) is 26.6 Å². The van der Waals surface area contributed by atoms with Gasteiger partial charge in [-0.2, -0.15) is 0 Å². The molecule has 0 aliphatic carbocycles. The minimum absolute atomic E-state index is 0.0728. The summed E-state index contributed by atoms with van der Waals surface area (Å²) in [5, 5.41) is 8.66. The number of para-hydroxylation sites is 1. The number of sulfonamides is 1. The van der Waals surface area contributed by atoms with Crippen molar-refractivity contribution in [3.05, 3.63) is 60.2 Å². The van der Waals surface area contributed by atoms with Crippen molar-refractivity contribution in [1.29, 1.82) is 0 Å². The number of methoxy groups -OCH3 is 1. The lowest BCUT2D eigenvalue weighted by molar-refractivity contribution is -0.131. The largest absolute Gasteiger partial charge is 0.495 e. The van der Waals surface area contributed by atoms with E-state index in [0.717, 1.165) is 6.08 Å². The monoisotopic (exact) mass is 333 g/mol. The SMILES string of the molecule is COc1ccc(/C=C/C(=O)O)cc1S(=O)(=O)Nc1ccccc1. The first-order valence-corrected chi connectivity index (χ1v) is 8.07. The molecule has 7 heteroatoms. The number of rotatable bonds is 6. The Labute approximate surface area is 134 Å². The van der Waals surface area contributed by atoms with E-state index in [2.05, 4.69) is 4.72 Å². The van der Waals surface area contributed by atoms with Crippen LogP contribution in [0.4, 0.5) is 5.69 Å². The van der Waals surface area contributed by atoms with Crippen LogP contribution < -0.4 is 9.46 Å². The Balaban J connectivity index is 2.42. The van der Waals surface area contributed by atoms with Crippen LogP contribution >= 0.6 is 0 Å². The second-order valence-electron chi connectivity index (χ2n) is 4.55. The molecule has 0 amide bonds. The van der Waals surface area contributed by atoms with Crippen LogP contribution in [-0.2, 0) is 14.8 Å². The topological polar surface area (TPSA) is 92.7 Å². The van der Waals surface area contributed by atoms with Crippen LogP contribution in [0.1, 0.15) is 5.56 Å². The third kappa shape index (κ3) is 4.33. The summed E-state index contributed by atoms with van der Waals surface area (Å²) in [6.07, 6.45) is 2.24. The number of carbonyl (C=O) groups is 1. The molecule has 0 saturated carbocycles. The summed E-state index contributed by atoms with van der Waals surface area (Å²) >= 11 is 0. The molecule has 0 spiro atoms. The van der Waals surface area contributed by atoms with E-state index in [1.54, 1.807) is 36.4 Å². The Morgan fingerprint density at radius 2 is 1.87 bits per heavy atom. The molecule has 0 atom stereocenters. The lowest BCUT2D eigenvalue weighted by atomic mass is 10.2. The highest BCUT2D eigenvalue weighted by atomic mass is 32.2. The summed E-state index contributed by atoms with van der Waals surface area (Å²) in [6.45, 7) is 0. The van der Waals surface area contributed by atoms with Gasteiger partial charge in [0.05, 0.1) is 7.11 Å². The molecule has 2 N–H and O–H groups in total. The average Bonchev–Trinajstić information content (AvgIpc) is 2.53. The van der Waals surface area contributed by atoms with Crippen molar-refractivity contribution in [3.8, 4) is 5.75 Å². The van der Waals surface area contributed by atoms with Gasteiger partial charge in [-0.25, -0.2) is 13.2 Å². The maximum absolute atomic E-state index is 12.5. The van der Waals surface area contributed by atoms with Crippen LogP contribution in [0.25, 0.3) is 6.08 Å². The number of hydrogen-bond acceptors (Lipinski definition) is 4. The van der Waals surface area contributed by atoms with Crippen LogP contribution in [0.3, 0.4) is 0 Å². The van der Waals surface area contributed by atoms with Crippen molar-refractivity contribution in [2.24, 2.45) is 0 Å². The van der Waals surface area contributed by atoms with Gasteiger partial charge >= 0.3 is 5.97 Å². The van der Waals surface area contributed by atoms with E-state index in [-0.39, 0.29) is 10.6 Å². The molecule has 23 heavy (non-hydrogen) atoms. The summed E-state index contributed by atoms with van der Waals surface area (Å²) in [5.74, 6) is -0.950. The number of benzene rings is 2. The molecular formula is C16H15NO5S. The Kier molecular flexibility index (Phi) is 5.02. The standard InChI is InChI=1S/C16H15NO5S/c1-22-14-9-7-12(8-10-16(18)19)11-15(14)23(20,21)17-13-5-3-2-4-6-13/h2-11,17H,1H3,(H,18,19)/b10-8+. The molecule has 2 aromatic carbocycles. The number of hydrogen-bond donors (Lipinski definition) is 2. The van der Waals surface area contributed by atoms with E-state index in [1.165, 1.54) is 25.3 Å². The first kappa shape index (κ1) is 16.6. The predicted molar refractivity (Wildman–Crippen MR) is 86.9 cm³/mol. The van der Waals surface area contributed by atoms with E-state index in [1.807, 2.05) is 0 Å². The predicted octanol–water partition coefficient (Wildman–Crippen LogP) is 2.59. The second kappa shape index (κ2) is 6.97. The van der Waals surface area contributed by atoms with Gasteiger partial charge in [0.15, 0.2) is 0 Å². The summed E-state index contributed by atoms with van der Waals surface area (Å²) < 4.78 is 32.6. The lowest BCUT2D eigenvalue weighted by Crippen LogP contribution is -2.14. The molecule has 0 heterocycles. The van der Waals surface area contributed by atoms with Crippen molar-refractivity contribution in [2.45, 2.75) is 4.90 Å². The van der Waals surface area contributed by atoms with E-state index in [0.29, 0.717) is 11.3 Å². The summed E-state index contributed by atoms with van der Waals surface area (Å²) in [6, 6.07) is 12.8. The lowest BCUT2D eigenvalue weighted by Gasteiger charge is -2.12. The number of aliphatic carboxylic acids is 1. The first-order valence-electron chi connectivity index (χ1n) is 6.59. The first-order chi connectivity index (χ1) is 10.9. The molecular weight excluding hydrogens is 318 g/mol. The van der Waals surface area contributed by atoms with Crippen molar-refractivity contribution in [2.75, 3.05) is 11.8 Å². The fourth-order valence-corrected chi connectivity index (χ4v) is 3.15. The van der Waals surface area contributed by atoms with Crippen molar-refractivity contribution in [3.63, 3.8) is 0 Å². The van der Waals surface area contributed by atoms with Crippen LogP contribution in [0.2, 0.25) is 0 Å². The maximum Gasteiger partial charge on any atom is 0.328 e. The normalized spacial score (nSPS) is 11.3. The zero-order valence-corrected chi connectivity index (χ0v) is 13.1. The van der Waals surface area contributed by atoms with E-state index in [9.17, 15) is 13.2 Å². The van der Waals surface area contributed by atoms with Gasteiger partial charge in [-0.1, -0.05) is 24.3 Å². The minimum Gasteiger partial charge on any atom is -0.495 e. The Bertz CT molecular complexity index is 829. The van der Waals surface area contributed by atoms with Gasteiger partial charge in [0.25, 0.3) is 10.0 Å². The summed E-state index contributed by atoms with van der Waals surface area (Å²) in [5.41, 5.74) is 0.850. The number of nitrogens with one attached hydrogen (secondary N) is 1. The van der Waals surface area contributed by atoms with Crippen LogP contribution in [0.5, 0.6) is 5.75 Å². The maximum atomic E-state index is 12.5. The second-order valence-corrected chi connectivity index (χ2v) is 6.20. The number of carboxylic acids is 1. The van der Waals surface area contributed by atoms with Gasteiger partial charge in [-0.05, 0) is 35.9 Å². The third-order valence-corrected chi connectivity index (χ3v) is 4.32. The van der Waals surface area contributed by atoms with Crippen molar-refractivity contribution < 1.29 is 23.1 Å². The average molecular weight is 333 g/mol. The van der Waals surface area contributed by atoms with E-state index in [4.69, 9.17) is 9.84 Å². The van der Waals surface area contributed by atoms with E-state index < -0.39 is 16.0 Å². The molecule has 0 aliphatic rings. The molecule has 0 unspecified atom stereocenters. The number of ether oxygens (including phenoxy) is 1. The van der Waals surface area contributed by atoms with Gasteiger partial charge in [-0.15, -0.1) is 0 Å². The van der Waals surface area contributed by atoms with Crippen LogP contribution in [0, 0.1) is 0 Å². The molecule has 0 fully saturated rings. The van der Waals surface area contributed by atoms with E-state index >= 15 is 0 Å². The molecule has 6 nitrogen and oxygen atoms in total. The molecule has 0 aliphatic heterocycles. The smallest absolute Gasteiger partial charge is 0.328 e. The molecule has 2 aromatic rings. The Hall–Kier alpha value is -2.80. The summed E-state index contributed by atoms with van der Waals surface area (Å²) in [4.78, 5) is 10.5. The van der Waals surface area contributed by atoms with Gasteiger partial charge in [0.1, 0.15) is 10.6 Å². The molecule has 0 bridgehead atoms. The molecule has 0 aromatic heterocycles. The van der Waals surface area contributed by atoms with Crippen LogP contribution in [0.15, 0.2) is 59.5 Å². The zero-order valence-electron chi connectivity index (χ0n) is 12.3. The zero-order chi connectivity index (χ0) is 16.9. The van der Waals surface area contributed by atoms with Gasteiger partial charge < -0.3 is 9.84 Å². The van der Waals surface area contributed by atoms with Gasteiger partial charge in [-0.3, -0.25) is 4.72 Å². The minimum atomic E-state index is -3.87. The number of carboxylic acid groups (broad SMARTS) is 1. The van der Waals surface area contributed by atoms with Gasteiger partial charge in [0, 0.05) is 11.8 Å². The molecule has 120 valence electrons. The molecule has 2 rings (SSSR count). The summed E-state index contributed by atoms with van der Waals surface area (Å²) in [7, 11) is -2.51. The highest BCUT2D eigenvalue weighted by Gasteiger charge is 2.20. The van der Waals surface area contributed by atoms with Crippen molar-refractivity contribution >= 4 is 27.8 Å². The van der Waals surface area contributed by atoms with Crippen molar-refractivity contribution in [1.82, 2.24) is 0 Å². The van der Waals surface area contributed by atoms with Gasteiger partial charge in [0.2, 0.25) is 0 Å². The Morgan fingerprint density at radius 1 is 1.17 bits per heavy atom. The molecule has 0 saturated heterocycles. The number of anilines is 1. The fourth-order valence-electron chi connectivity index (χ4n) is 1.89. The molecule has 0 radical (unpaired) electrons. The fraction of sp³-hybridized carbons (Fsp3) is 0.0625. The quantitative estimate of drug-likeness (QED) is 0.793. The highest BCUT2D eigenvalue weighted by Crippen LogP contribution is 2.27. The highest BCUT2D eigenvalue weighted by molar-refractivity contribution is 7.92. The third-order valence-electron chi connectivity index (χ3n) is 2.92. The Morgan fingerprint density at radius 3 is 2.48 bits per heavy atom.